The molecule has 0 N–H and O–H groups in total. The van der Waals surface area contributed by atoms with Gasteiger partial charge in [0.2, 0.25) is 0 Å². The molecule has 2 aromatic rings. The van der Waals surface area contributed by atoms with E-state index in [1.807, 2.05) is 42.5 Å². The maximum atomic E-state index is 5.92. The zero-order valence-electron chi connectivity index (χ0n) is 12.5. The van der Waals surface area contributed by atoms with Crippen molar-refractivity contribution in [3.63, 3.8) is 0 Å². The SMILES string of the molecule is C=C(C#Cc1ccccc1)C(C)(C)Cc1ccc(Cl)cc1. The maximum Gasteiger partial charge on any atom is 0.0406 e. The molecule has 0 fully saturated rings. The summed E-state index contributed by atoms with van der Waals surface area (Å²) in [6.45, 7) is 8.50. The Morgan fingerprint density at radius 2 is 1.67 bits per heavy atom. The van der Waals surface area contributed by atoms with Crippen LogP contribution < -0.4 is 0 Å². The van der Waals surface area contributed by atoms with Gasteiger partial charge < -0.3 is 0 Å². The van der Waals surface area contributed by atoms with Gasteiger partial charge in [-0.2, -0.15) is 0 Å². The van der Waals surface area contributed by atoms with Crippen LogP contribution in [0.25, 0.3) is 0 Å². The van der Waals surface area contributed by atoms with Crippen LogP contribution in [0.2, 0.25) is 5.02 Å². The summed E-state index contributed by atoms with van der Waals surface area (Å²) in [4.78, 5) is 0. The van der Waals surface area contributed by atoms with Crippen molar-refractivity contribution in [3.05, 3.63) is 82.9 Å². The molecule has 0 atom stereocenters. The summed E-state index contributed by atoms with van der Waals surface area (Å²) < 4.78 is 0. The van der Waals surface area contributed by atoms with Crippen LogP contribution in [0.15, 0.2) is 66.7 Å². The molecule has 0 nitrogen and oxygen atoms in total. The van der Waals surface area contributed by atoms with Crippen LogP contribution >= 0.6 is 11.6 Å². The van der Waals surface area contributed by atoms with Gasteiger partial charge in [0.15, 0.2) is 0 Å². The minimum atomic E-state index is -0.0738. The lowest BCUT2D eigenvalue weighted by Crippen LogP contribution is -2.16. The molecule has 1 heteroatoms. The molecule has 0 amide bonds. The molecule has 0 aliphatic rings. The first-order chi connectivity index (χ1) is 9.97. The van der Waals surface area contributed by atoms with Gasteiger partial charge in [0, 0.05) is 21.6 Å². The Kier molecular flexibility index (Phi) is 4.89. The van der Waals surface area contributed by atoms with Crippen molar-refractivity contribution in [1.82, 2.24) is 0 Å². The van der Waals surface area contributed by atoms with Crippen LogP contribution in [0.5, 0.6) is 0 Å². The van der Waals surface area contributed by atoms with Crippen LogP contribution in [0.4, 0.5) is 0 Å². The summed E-state index contributed by atoms with van der Waals surface area (Å²) in [5.74, 6) is 6.38. The van der Waals surface area contributed by atoms with E-state index in [9.17, 15) is 0 Å². The number of allylic oxidation sites excluding steroid dienone is 1. The van der Waals surface area contributed by atoms with Crippen molar-refractivity contribution in [2.24, 2.45) is 5.41 Å². The number of halogens is 1. The second-order valence-electron chi connectivity index (χ2n) is 5.78. The lowest BCUT2D eigenvalue weighted by molar-refractivity contribution is 0.459. The Morgan fingerprint density at radius 1 is 1.05 bits per heavy atom. The van der Waals surface area contributed by atoms with Gasteiger partial charge in [-0.3, -0.25) is 0 Å². The van der Waals surface area contributed by atoms with Crippen molar-refractivity contribution in [1.29, 1.82) is 0 Å². The molecule has 0 aliphatic carbocycles. The molecule has 0 unspecified atom stereocenters. The van der Waals surface area contributed by atoms with E-state index >= 15 is 0 Å². The molecule has 0 bridgehead atoms. The molecule has 0 spiro atoms. The van der Waals surface area contributed by atoms with Crippen molar-refractivity contribution in [2.75, 3.05) is 0 Å². The van der Waals surface area contributed by atoms with Gasteiger partial charge in [-0.05, 0) is 36.2 Å². The van der Waals surface area contributed by atoms with Gasteiger partial charge in [-0.15, -0.1) is 0 Å². The lowest BCUT2D eigenvalue weighted by atomic mass is 9.79. The second kappa shape index (κ2) is 6.66. The molecular formula is C20H19Cl. The minimum absolute atomic E-state index is 0.0738. The topological polar surface area (TPSA) is 0 Å². The standard InChI is InChI=1S/C20H19Cl/c1-16(9-10-17-7-5-4-6-8-17)20(2,3)15-18-11-13-19(21)14-12-18/h4-8,11-14H,1,15H2,2-3H3. The van der Waals surface area contributed by atoms with E-state index in [1.54, 1.807) is 0 Å². The highest BCUT2D eigenvalue weighted by atomic mass is 35.5. The first-order valence-corrected chi connectivity index (χ1v) is 7.36. The minimum Gasteiger partial charge on any atom is -0.0868 e. The highest BCUT2D eigenvalue weighted by Crippen LogP contribution is 2.29. The smallest absolute Gasteiger partial charge is 0.0406 e. The third-order valence-corrected chi connectivity index (χ3v) is 3.76. The Labute approximate surface area is 132 Å². The van der Waals surface area contributed by atoms with Crippen molar-refractivity contribution in [3.8, 4) is 11.8 Å². The molecule has 2 aromatic carbocycles. The van der Waals surface area contributed by atoms with Crippen LogP contribution in [-0.2, 0) is 6.42 Å². The van der Waals surface area contributed by atoms with Gasteiger partial charge in [0.05, 0.1) is 0 Å². The molecule has 0 saturated carbocycles. The van der Waals surface area contributed by atoms with E-state index in [0.717, 1.165) is 22.6 Å². The largest absolute Gasteiger partial charge is 0.0868 e. The summed E-state index contributed by atoms with van der Waals surface area (Å²) >= 11 is 5.92. The zero-order valence-corrected chi connectivity index (χ0v) is 13.2. The normalized spacial score (nSPS) is 10.6. The molecule has 2 rings (SSSR count). The quantitative estimate of drug-likeness (QED) is 0.654. The van der Waals surface area contributed by atoms with E-state index in [1.165, 1.54) is 5.56 Å². The highest BCUT2D eigenvalue weighted by Gasteiger charge is 2.21. The Hall–Kier alpha value is -1.97. The van der Waals surface area contributed by atoms with E-state index in [-0.39, 0.29) is 5.41 Å². The van der Waals surface area contributed by atoms with Gasteiger partial charge in [0.1, 0.15) is 0 Å². The average molecular weight is 295 g/mol. The molecule has 106 valence electrons. The van der Waals surface area contributed by atoms with Crippen LogP contribution in [-0.4, -0.2) is 0 Å². The van der Waals surface area contributed by atoms with Gasteiger partial charge in [0.25, 0.3) is 0 Å². The molecule has 0 radical (unpaired) electrons. The van der Waals surface area contributed by atoms with Gasteiger partial charge >= 0.3 is 0 Å². The fourth-order valence-corrected chi connectivity index (χ4v) is 2.18. The molecule has 21 heavy (non-hydrogen) atoms. The Morgan fingerprint density at radius 3 is 2.29 bits per heavy atom. The fourth-order valence-electron chi connectivity index (χ4n) is 2.06. The van der Waals surface area contributed by atoms with Gasteiger partial charge in [-0.1, -0.05) is 74.2 Å². The Balaban J connectivity index is 2.10. The maximum absolute atomic E-state index is 5.92. The van der Waals surface area contributed by atoms with E-state index in [4.69, 9.17) is 11.6 Å². The van der Waals surface area contributed by atoms with Crippen molar-refractivity contribution < 1.29 is 0 Å². The molecule has 0 saturated heterocycles. The van der Waals surface area contributed by atoms with Crippen molar-refractivity contribution in [2.45, 2.75) is 20.3 Å². The van der Waals surface area contributed by atoms with E-state index in [0.29, 0.717) is 0 Å². The first kappa shape index (κ1) is 15.4. The van der Waals surface area contributed by atoms with Gasteiger partial charge in [-0.25, -0.2) is 0 Å². The summed E-state index contributed by atoms with van der Waals surface area (Å²) in [7, 11) is 0. The summed E-state index contributed by atoms with van der Waals surface area (Å²) in [5.41, 5.74) is 3.13. The monoisotopic (exact) mass is 294 g/mol. The molecule has 0 heterocycles. The summed E-state index contributed by atoms with van der Waals surface area (Å²) in [6, 6.07) is 17.9. The second-order valence-corrected chi connectivity index (χ2v) is 6.22. The predicted octanol–water partition coefficient (Wildman–Crippen LogP) is 5.52. The number of hydrogen-bond donors (Lipinski definition) is 0. The summed E-state index contributed by atoms with van der Waals surface area (Å²) in [5, 5.41) is 0.763. The first-order valence-electron chi connectivity index (χ1n) is 6.98. The lowest BCUT2D eigenvalue weighted by Gasteiger charge is -2.24. The fraction of sp³-hybridized carbons (Fsp3) is 0.200. The number of rotatable bonds is 3. The van der Waals surface area contributed by atoms with Crippen molar-refractivity contribution >= 4 is 11.6 Å². The highest BCUT2D eigenvalue weighted by molar-refractivity contribution is 6.30. The van der Waals surface area contributed by atoms with Crippen LogP contribution in [0.3, 0.4) is 0 Å². The average Bonchev–Trinajstić information content (AvgIpc) is 2.48. The van der Waals surface area contributed by atoms with Crippen LogP contribution in [0, 0.1) is 17.3 Å². The zero-order chi connectivity index (χ0) is 15.3. The molecular weight excluding hydrogens is 276 g/mol. The molecule has 0 aromatic heterocycles. The third kappa shape index (κ3) is 4.52. The third-order valence-electron chi connectivity index (χ3n) is 3.51. The summed E-state index contributed by atoms with van der Waals surface area (Å²) in [6.07, 6.45) is 0.895. The predicted molar refractivity (Wildman–Crippen MR) is 91.4 cm³/mol. The Bertz CT molecular complexity index is 667. The number of hydrogen-bond acceptors (Lipinski definition) is 0. The molecule has 0 aliphatic heterocycles. The van der Waals surface area contributed by atoms with E-state index in [2.05, 4.69) is 44.4 Å². The van der Waals surface area contributed by atoms with E-state index < -0.39 is 0 Å². The van der Waals surface area contributed by atoms with Crippen LogP contribution in [0.1, 0.15) is 25.0 Å². The number of benzene rings is 2.